The molecule has 0 saturated carbocycles. The molecule has 0 aliphatic rings. The zero-order valence-electron chi connectivity index (χ0n) is 21.2. The van der Waals surface area contributed by atoms with Gasteiger partial charge in [0.15, 0.2) is 16.3 Å². The predicted octanol–water partition coefficient (Wildman–Crippen LogP) is 5.09. The minimum Gasteiger partial charge on any atom is -0.493 e. The highest BCUT2D eigenvalue weighted by Crippen LogP contribution is 2.33. The van der Waals surface area contributed by atoms with Gasteiger partial charge in [-0.3, -0.25) is 9.10 Å². The van der Waals surface area contributed by atoms with E-state index in [0.29, 0.717) is 34.1 Å². The number of carbonyl (C=O) groups is 1. The summed E-state index contributed by atoms with van der Waals surface area (Å²) in [5.74, 6) is 0.754. The van der Waals surface area contributed by atoms with Crippen LogP contribution >= 0.6 is 11.3 Å². The van der Waals surface area contributed by atoms with Crippen LogP contribution in [0.15, 0.2) is 76.6 Å². The van der Waals surface area contributed by atoms with E-state index in [1.54, 1.807) is 45.4 Å². The molecule has 1 aromatic heterocycles. The van der Waals surface area contributed by atoms with Crippen molar-refractivity contribution in [2.24, 2.45) is 4.99 Å². The first-order valence-electron chi connectivity index (χ1n) is 11.9. The second-order valence-electron chi connectivity index (χ2n) is 8.16. The molecule has 0 N–H and O–H groups in total. The quantitative estimate of drug-likeness (QED) is 0.296. The van der Waals surface area contributed by atoms with E-state index in [4.69, 9.17) is 9.47 Å². The molecule has 0 aliphatic heterocycles. The van der Waals surface area contributed by atoms with Gasteiger partial charge >= 0.3 is 0 Å². The first-order valence-corrected chi connectivity index (χ1v) is 14.1. The molecule has 0 spiro atoms. The van der Waals surface area contributed by atoms with Crippen LogP contribution in [-0.4, -0.2) is 39.7 Å². The van der Waals surface area contributed by atoms with Crippen molar-refractivity contribution in [1.29, 1.82) is 0 Å². The lowest BCUT2D eigenvalue weighted by Gasteiger charge is -2.22. The average molecular weight is 540 g/mol. The topological polar surface area (TPSA) is 90.2 Å². The highest BCUT2D eigenvalue weighted by atomic mass is 32.2. The molecule has 0 unspecified atom stereocenters. The molecule has 0 aliphatic carbocycles. The standard InChI is InChI=1S/C27H29N3O5S2/c1-5-16-29-22-17-23(34-3)24(35-4)18-25(22)36-27(29)28-26(31)19-12-14-21(15-13-19)37(32,33)30(6-2)20-10-8-7-9-11-20/h7-15,17-18H,5-6,16H2,1-4H3. The van der Waals surface area contributed by atoms with Gasteiger partial charge in [-0.15, -0.1) is 0 Å². The van der Waals surface area contributed by atoms with E-state index in [1.807, 2.05) is 22.8 Å². The van der Waals surface area contributed by atoms with Gasteiger partial charge < -0.3 is 14.0 Å². The molecule has 0 atom stereocenters. The van der Waals surface area contributed by atoms with Gasteiger partial charge in [-0.2, -0.15) is 4.99 Å². The van der Waals surface area contributed by atoms with Gasteiger partial charge in [-0.05, 0) is 49.7 Å². The number of hydrogen-bond acceptors (Lipinski definition) is 6. The largest absolute Gasteiger partial charge is 0.493 e. The number of hydrogen-bond donors (Lipinski definition) is 0. The number of aromatic nitrogens is 1. The van der Waals surface area contributed by atoms with Gasteiger partial charge in [-0.25, -0.2) is 8.42 Å². The Morgan fingerprint density at radius 1 is 0.973 bits per heavy atom. The van der Waals surface area contributed by atoms with Crippen molar-refractivity contribution in [1.82, 2.24) is 4.57 Å². The Morgan fingerprint density at radius 2 is 1.62 bits per heavy atom. The molecule has 8 nitrogen and oxygen atoms in total. The van der Waals surface area contributed by atoms with Crippen LogP contribution in [0.2, 0.25) is 0 Å². The van der Waals surface area contributed by atoms with E-state index in [9.17, 15) is 13.2 Å². The van der Waals surface area contributed by atoms with Gasteiger partial charge in [0.05, 0.1) is 35.0 Å². The van der Waals surface area contributed by atoms with E-state index < -0.39 is 15.9 Å². The molecule has 4 rings (SSSR count). The van der Waals surface area contributed by atoms with Crippen LogP contribution in [0.1, 0.15) is 30.6 Å². The molecule has 0 fully saturated rings. The molecule has 194 valence electrons. The fourth-order valence-electron chi connectivity index (χ4n) is 4.06. The minimum atomic E-state index is -3.78. The molecule has 4 aromatic rings. The molecular formula is C27H29N3O5S2. The number of nitrogens with zero attached hydrogens (tertiary/aromatic N) is 3. The van der Waals surface area contributed by atoms with Crippen LogP contribution in [0.5, 0.6) is 11.5 Å². The van der Waals surface area contributed by atoms with E-state index in [1.165, 1.54) is 39.9 Å². The van der Waals surface area contributed by atoms with Gasteiger partial charge in [-0.1, -0.05) is 36.5 Å². The Hall–Kier alpha value is -3.63. The zero-order chi connectivity index (χ0) is 26.6. The molecule has 37 heavy (non-hydrogen) atoms. The second-order valence-corrected chi connectivity index (χ2v) is 11.0. The summed E-state index contributed by atoms with van der Waals surface area (Å²) in [5.41, 5.74) is 1.79. The molecule has 3 aromatic carbocycles. The summed E-state index contributed by atoms with van der Waals surface area (Å²) < 4.78 is 41.6. The fourth-order valence-corrected chi connectivity index (χ4v) is 6.59. The van der Waals surface area contributed by atoms with Crippen LogP contribution in [0.4, 0.5) is 5.69 Å². The number of anilines is 1. The van der Waals surface area contributed by atoms with Crippen LogP contribution in [-0.2, 0) is 16.6 Å². The van der Waals surface area contributed by atoms with Gasteiger partial charge in [0.2, 0.25) is 0 Å². The fraction of sp³-hybridized carbons (Fsp3) is 0.259. The van der Waals surface area contributed by atoms with E-state index in [2.05, 4.69) is 11.9 Å². The number of benzene rings is 3. The lowest BCUT2D eigenvalue weighted by Crippen LogP contribution is -2.30. The Labute approximate surface area is 220 Å². The van der Waals surface area contributed by atoms with Crippen molar-refractivity contribution in [2.75, 3.05) is 25.1 Å². The zero-order valence-corrected chi connectivity index (χ0v) is 22.8. The monoisotopic (exact) mass is 539 g/mol. The summed E-state index contributed by atoms with van der Waals surface area (Å²) in [6, 6.07) is 18.6. The lowest BCUT2D eigenvalue weighted by atomic mass is 10.2. The summed E-state index contributed by atoms with van der Waals surface area (Å²) in [4.78, 5) is 18.1. The minimum absolute atomic E-state index is 0.108. The highest BCUT2D eigenvalue weighted by Gasteiger charge is 2.23. The number of carbonyl (C=O) groups excluding carboxylic acids is 1. The first kappa shape index (κ1) is 26.4. The van der Waals surface area contributed by atoms with Crippen molar-refractivity contribution < 1.29 is 22.7 Å². The number of methoxy groups -OCH3 is 2. The van der Waals surface area contributed by atoms with Crippen LogP contribution in [0, 0.1) is 0 Å². The predicted molar refractivity (Wildman–Crippen MR) is 146 cm³/mol. The third-order valence-electron chi connectivity index (χ3n) is 5.85. The Balaban J connectivity index is 1.69. The van der Waals surface area contributed by atoms with Gasteiger partial charge in [0, 0.05) is 30.8 Å². The van der Waals surface area contributed by atoms with Crippen molar-refractivity contribution in [3.05, 3.63) is 77.1 Å². The second kappa shape index (κ2) is 11.2. The number of amides is 1. The van der Waals surface area contributed by atoms with Crippen LogP contribution in [0.3, 0.4) is 0 Å². The Kier molecular flexibility index (Phi) is 7.99. The lowest BCUT2D eigenvalue weighted by molar-refractivity contribution is 0.0997. The third kappa shape index (κ3) is 5.26. The summed E-state index contributed by atoms with van der Waals surface area (Å²) >= 11 is 1.38. The maximum absolute atomic E-state index is 13.3. The molecule has 10 heteroatoms. The summed E-state index contributed by atoms with van der Waals surface area (Å²) in [5, 5.41) is 0. The summed E-state index contributed by atoms with van der Waals surface area (Å²) in [6.45, 7) is 4.78. The number of fused-ring (bicyclic) bond motifs is 1. The maximum atomic E-state index is 13.3. The number of sulfonamides is 1. The SMILES string of the molecule is CCCn1c(=NC(=O)c2ccc(S(=O)(=O)N(CC)c3ccccc3)cc2)sc2cc(OC)c(OC)cc21. The van der Waals surface area contributed by atoms with Crippen LogP contribution < -0.4 is 18.6 Å². The molecule has 0 saturated heterocycles. The molecule has 0 bridgehead atoms. The van der Waals surface area contributed by atoms with E-state index in [-0.39, 0.29) is 11.4 Å². The highest BCUT2D eigenvalue weighted by molar-refractivity contribution is 7.92. The van der Waals surface area contributed by atoms with Crippen molar-refractivity contribution in [3.8, 4) is 11.5 Å². The third-order valence-corrected chi connectivity index (χ3v) is 8.81. The van der Waals surface area contributed by atoms with Gasteiger partial charge in [0.25, 0.3) is 15.9 Å². The Bertz CT molecular complexity index is 1570. The van der Waals surface area contributed by atoms with Gasteiger partial charge in [0.1, 0.15) is 0 Å². The number of para-hydroxylation sites is 1. The first-order chi connectivity index (χ1) is 17.8. The van der Waals surface area contributed by atoms with Crippen LogP contribution in [0.25, 0.3) is 10.2 Å². The van der Waals surface area contributed by atoms with Crippen molar-refractivity contribution in [2.45, 2.75) is 31.7 Å². The molecule has 0 radical (unpaired) electrons. The summed E-state index contributed by atoms with van der Waals surface area (Å²) in [6.07, 6.45) is 0.851. The number of aryl methyl sites for hydroxylation is 1. The van der Waals surface area contributed by atoms with Crippen molar-refractivity contribution in [3.63, 3.8) is 0 Å². The number of ether oxygens (including phenoxy) is 2. The average Bonchev–Trinajstić information content (AvgIpc) is 3.24. The maximum Gasteiger partial charge on any atom is 0.279 e. The molecular weight excluding hydrogens is 510 g/mol. The normalized spacial score (nSPS) is 12.1. The Morgan fingerprint density at radius 3 is 2.22 bits per heavy atom. The van der Waals surface area contributed by atoms with E-state index >= 15 is 0 Å². The van der Waals surface area contributed by atoms with E-state index in [0.717, 1.165) is 16.6 Å². The number of thiazole rings is 1. The number of rotatable bonds is 9. The smallest absolute Gasteiger partial charge is 0.279 e. The van der Waals surface area contributed by atoms with Crippen molar-refractivity contribution >= 4 is 43.2 Å². The summed E-state index contributed by atoms with van der Waals surface area (Å²) in [7, 11) is -0.624. The molecule has 1 amide bonds. The molecule has 1 heterocycles.